The van der Waals surface area contributed by atoms with Crippen LogP contribution in [-0.2, 0) is 22.6 Å². The fourth-order valence-electron chi connectivity index (χ4n) is 3.64. The average Bonchev–Trinajstić information content (AvgIpc) is 2.81. The maximum atomic E-state index is 13.1. The highest BCUT2D eigenvalue weighted by atomic mass is 16.6. The minimum Gasteiger partial charge on any atom is -0.497 e. The standard InChI is InChI=1S/C28H40N2O6/c1-20(2)15-24(29-26(32)36-28(3,4)5)25(31)18-30(17-22-13-10-14-23(16-22)34-6)27(33)35-19-21-11-8-7-9-12-21/h7-14,16,20,24-25,31H,15,17-19H2,1-6H3,(H,29,32)/t24-,25+/m0/s1. The molecule has 0 aliphatic rings. The summed E-state index contributed by atoms with van der Waals surface area (Å²) < 4.78 is 16.2. The van der Waals surface area contributed by atoms with E-state index in [0.29, 0.717) is 12.2 Å². The smallest absolute Gasteiger partial charge is 0.410 e. The van der Waals surface area contributed by atoms with Crippen molar-refractivity contribution in [2.24, 2.45) is 5.92 Å². The molecule has 0 saturated heterocycles. The Bertz CT molecular complexity index is 958. The Morgan fingerprint density at radius 1 is 1.03 bits per heavy atom. The van der Waals surface area contributed by atoms with E-state index in [0.717, 1.165) is 11.1 Å². The van der Waals surface area contributed by atoms with Crippen LogP contribution in [0.25, 0.3) is 0 Å². The number of aliphatic hydroxyl groups is 1. The molecule has 0 bridgehead atoms. The van der Waals surface area contributed by atoms with E-state index in [1.165, 1.54) is 4.90 Å². The van der Waals surface area contributed by atoms with Crippen molar-refractivity contribution in [1.82, 2.24) is 10.2 Å². The zero-order chi connectivity index (χ0) is 26.7. The first-order chi connectivity index (χ1) is 17.0. The molecular weight excluding hydrogens is 460 g/mol. The van der Waals surface area contributed by atoms with Gasteiger partial charge in [-0.1, -0.05) is 56.3 Å². The molecule has 2 rings (SSSR count). The van der Waals surface area contributed by atoms with Gasteiger partial charge in [0.25, 0.3) is 0 Å². The highest BCUT2D eigenvalue weighted by Crippen LogP contribution is 2.18. The van der Waals surface area contributed by atoms with Gasteiger partial charge in [-0.15, -0.1) is 0 Å². The van der Waals surface area contributed by atoms with Gasteiger partial charge < -0.3 is 29.5 Å². The van der Waals surface area contributed by atoms with Gasteiger partial charge in [0.05, 0.1) is 25.8 Å². The summed E-state index contributed by atoms with van der Waals surface area (Å²) in [7, 11) is 1.58. The predicted molar refractivity (Wildman–Crippen MR) is 139 cm³/mol. The van der Waals surface area contributed by atoms with Gasteiger partial charge in [-0.2, -0.15) is 0 Å². The van der Waals surface area contributed by atoms with E-state index in [-0.39, 0.29) is 25.6 Å². The van der Waals surface area contributed by atoms with Crippen LogP contribution in [-0.4, -0.2) is 53.6 Å². The van der Waals surface area contributed by atoms with Crippen molar-refractivity contribution in [3.05, 3.63) is 65.7 Å². The summed E-state index contributed by atoms with van der Waals surface area (Å²) in [5.74, 6) is 0.853. The number of nitrogens with zero attached hydrogens (tertiary/aromatic N) is 1. The third-order valence-electron chi connectivity index (χ3n) is 5.27. The number of alkyl carbamates (subject to hydrolysis) is 1. The topological polar surface area (TPSA) is 97.3 Å². The van der Waals surface area contributed by atoms with Crippen LogP contribution < -0.4 is 10.1 Å². The molecule has 0 spiro atoms. The second-order valence-electron chi connectivity index (χ2n) is 10.2. The molecule has 0 aromatic heterocycles. The molecule has 0 aliphatic heterocycles. The quantitative estimate of drug-likeness (QED) is 0.444. The maximum absolute atomic E-state index is 13.1. The van der Waals surface area contributed by atoms with E-state index in [4.69, 9.17) is 14.2 Å². The van der Waals surface area contributed by atoms with Crippen LogP contribution in [0.15, 0.2) is 54.6 Å². The molecule has 36 heavy (non-hydrogen) atoms. The Labute approximate surface area is 214 Å². The van der Waals surface area contributed by atoms with Crippen LogP contribution >= 0.6 is 0 Å². The molecule has 198 valence electrons. The lowest BCUT2D eigenvalue weighted by Crippen LogP contribution is -2.51. The third-order valence-corrected chi connectivity index (χ3v) is 5.27. The number of carbonyl (C=O) groups is 2. The molecule has 0 heterocycles. The number of hydrogen-bond donors (Lipinski definition) is 2. The van der Waals surface area contributed by atoms with Crippen molar-refractivity contribution in [3.63, 3.8) is 0 Å². The van der Waals surface area contributed by atoms with Gasteiger partial charge >= 0.3 is 12.2 Å². The molecule has 8 nitrogen and oxygen atoms in total. The summed E-state index contributed by atoms with van der Waals surface area (Å²) in [6, 6.07) is 16.1. The Kier molecular flexibility index (Phi) is 11.0. The highest BCUT2D eigenvalue weighted by molar-refractivity contribution is 5.69. The van der Waals surface area contributed by atoms with Crippen LogP contribution in [0.5, 0.6) is 5.75 Å². The molecule has 2 aromatic rings. The lowest BCUT2D eigenvalue weighted by Gasteiger charge is -2.31. The number of aliphatic hydroxyl groups excluding tert-OH is 1. The first-order valence-electron chi connectivity index (χ1n) is 12.2. The fourth-order valence-corrected chi connectivity index (χ4v) is 3.64. The van der Waals surface area contributed by atoms with Gasteiger partial charge in [0.2, 0.25) is 0 Å². The monoisotopic (exact) mass is 500 g/mol. The van der Waals surface area contributed by atoms with E-state index in [2.05, 4.69) is 5.32 Å². The zero-order valence-corrected chi connectivity index (χ0v) is 22.2. The van der Waals surface area contributed by atoms with Gasteiger partial charge in [0.1, 0.15) is 18.0 Å². The minimum absolute atomic E-state index is 0.0436. The maximum Gasteiger partial charge on any atom is 0.410 e. The number of ether oxygens (including phenoxy) is 3. The van der Waals surface area contributed by atoms with E-state index in [9.17, 15) is 14.7 Å². The Balaban J connectivity index is 2.19. The molecule has 0 saturated carbocycles. The Hall–Kier alpha value is -3.26. The number of benzene rings is 2. The van der Waals surface area contributed by atoms with Crippen LogP contribution in [0.3, 0.4) is 0 Å². The number of hydrogen-bond acceptors (Lipinski definition) is 6. The van der Waals surface area contributed by atoms with E-state index in [1.807, 2.05) is 68.4 Å². The summed E-state index contributed by atoms with van der Waals surface area (Å²) in [6.45, 7) is 9.59. The summed E-state index contributed by atoms with van der Waals surface area (Å²) in [5, 5.41) is 13.9. The molecule has 0 radical (unpaired) electrons. The average molecular weight is 501 g/mol. The number of nitrogens with one attached hydrogen (secondary N) is 1. The van der Waals surface area contributed by atoms with Crippen LogP contribution in [0.1, 0.15) is 52.2 Å². The molecular formula is C28H40N2O6. The molecule has 0 fully saturated rings. The first kappa shape index (κ1) is 29.0. The van der Waals surface area contributed by atoms with Crippen molar-refractivity contribution in [1.29, 1.82) is 0 Å². The van der Waals surface area contributed by atoms with Gasteiger partial charge in [0.15, 0.2) is 0 Å². The van der Waals surface area contributed by atoms with Crippen molar-refractivity contribution < 1.29 is 28.9 Å². The predicted octanol–water partition coefficient (Wildman–Crippen LogP) is 5.13. The lowest BCUT2D eigenvalue weighted by atomic mass is 9.98. The number of methoxy groups -OCH3 is 1. The van der Waals surface area contributed by atoms with Crippen LogP contribution in [0.4, 0.5) is 9.59 Å². The van der Waals surface area contributed by atoms with Gasteiger partial charge in [-0.3, -0.25) is 0 Å². The first-order valence-corrected chi connectivity index (χ1v) is 12.2. The number of carbonyl (C=O) groups excluding carboxylic acids is 2. The van der Waals surface area contributed by atoms with Crippen molar-refractivity contribution in [2.45, 2.75) is 71.9 Å². The van der Waals surface area contributed by atoms with Crippen LogP contribution in [0, 0.1) is 5.92 Å². The molecule has 2 N–H and O–H groups in total. The summed E-state index contributed by atoms with van der Waals surface area (Å²) in [4.78, 5) is 27.0. The van der Waals surface area contributed by atoms with Gasteiger partial charge in [-0.25, -0.2) is 9.59 Å². The SMILES string of the molecule is COc1cccc(CN(C[C@@H](O)[C@H](CC(C)C)NC(=O)OC(C)(C)C)C(=O)OCc2ccccc2)c1. The second-order valence-corrected chi connectivity index (χ2v) is 10.2. The summed E-state index contributed by atoms with van der Waals surface area (Å²) in [6.07, 6.45) is -1.72. The fraction of sp³-hybridized carbons (Fsp3) is 0.500. The van der Waals surface area contributed by atoms with E-state index >= 15 is 0 Å². The van der Waals surface area contributed by atoms with E-state index in [1.54, 1.807) is 27.9 Å². The summed E-state index contributed by atoms with van der Waals surface area (Å²) in [5.41, 5.74) is 1.01. The van der Waals surface area contributed by atoms with Gasteiger partial charge in [0, 0.05) is 6.54 Å². The number of amides is 2. The Morgan fingerprint density at radius 3 is 2.31 bits per heavy atom. The highest BCUT2D eigenvalue weighted by Gasteiger charge is 2.29. The molecule has 2 atom stereocenters. The lowest BCUT2D eigenvalue weighted by molar-refractivity contribution is 0.0298. The van der Waals surface area contributed by atoms with Crippen molar-refractivity contribution >= 4 is 12.2 Å². The molecule has 0 unspecified atom stereocenters. The Morgan fingerprint density at radius 2 is 1.69 bits per heavy atom. The third kappa shape index (κ3) is 10.6. The molecule has 0 aliphatic carbocycles. The molecule has 8 heteroatoms. The normalized spacial score (nSPS) is 13.0. The zero-order valence-electron chi connectivity index (χ0n) is 22.2. The van der Waals surface area contributed by atoms with Gasteiger partial charge in [-0.05, 0) is 56.4 Å². The van der Waals surface area contributed by atoms with Crippen molar-refractivity contribution in [3.8, 4) is 5.75 Å². The van der Waals surface area contributed by atoms with Crippen molar-refractivity contribution in [2.75, 3.05) is 13.7 Å². The molecule has 2 amide bonds. The number of rotatable bonds is 11. The second kappa shape index (κ2) is 13.7. The van der Waals surface area contributed by atoms with E-state index < -0.39 is 29.9 Å². The van der Waals surface area contributed by atoms with Crippen LogP contribution in [0.2, 0.25) is 0 Å². The largest absolute Gasteiger partial charge is 0.497 e. The summed E-state index contributed by atoms with van der Waals surface area (Å²) >= 11 is 0. The minimum atomic E-state index is -1.05. The molecule has 2 aromatic carbocycles.